The molecule has 0 radical (unpaired) electrons. The summed E-state index contributed by atoms with van der Waals surface area (Å²) in [6.45, 7) is -0.543. The van der Waals surface area contributed by atoms with Crippen molar-refractivity contribution in [2.24, 2.45) is 0 Å². The zero-order valence-corrected chi connectivity index (χ0v) is 13.4. The van der Waals surface area contributed by atoms with Crippen LogP contribution in [0.1, 0.15) is 36.2 Å². The van der Waals surface area contributed by atoms with Crippen LogP contribution in [-0.4, -0.2) is 24.0 Å². The maximum atomic E-state index is 12.0. The lowest BCUT2D eigenvalue weighted by atomic mass is 10.00. The standard InChI is InChI=1S/C18H16N2O5/c19-11-18(7-3-4-8-18)20-16(22)10-24-17(23)15-9-13(21)12-5-1-2-6-14(12)25-15/h1-2,5-6,9H,3-4,7-8,10H2,(H,20,22). The van der Waals surface area contributed by atoms with Crippen molar-refractivity contribution in [1.82, 2.24) is 5.32 Å². The van der Waals surface area contributed by atoms with Gasteiger partial charge < -0.3 is 14.5 Å². The van der Waals surface area contributed by atoms with Gasteiger partial charge in [-0.05, 0) is 37.8 Å². The van der Waals surface area contributed by atoms with E-state index in [0.29, 0.717) is 18.2 Å². The van der Waals surface area contributed by atoms with Crippen LogP contribution in [0.4, 0.5) is 0 Å². The van der Waals surface area contributed by atoms with Crippen molar-refractivity contribution in [3.8, 4) is 6.07 Å². The van der Waals surface area contributed by atoms with Gasteiger partial charge in [0.05, 0.1) is 11.5 Å². The SMILES string of the molecule is N#CC1(NC(=O)COC(=O)c2cc(=O)c3ccccc3o2)CCCC1. The fourth-order valence-corrected chi connectivity index (χ4v) is 2.95. The van der Waals surface area contributed by atoms with E-state index in [0.717, 1.165) is 18.9 Å². The maximum Gasteiger partial charge on any atom is 0.374 e. The first kappa shape index (κ1) is 16.7. The van der Waals surface area contributed by atoms with E-state index in [2.05, 4.69) is 11.4 Å². The molecule has 1 amide bonds. The molecule has 0 aliphatic heterocycles. The van der Waals surface area contributed by atoms with Gasteiger partial charge in [-0.15, -0.1) is 0 Å². The molecule has 1 heterocycles. The summed E-state index contributed by atoms with van der Waals surface area (Å²) in [6.07, 6.45) is 2.91. The molecule has 25 heavy (non-hydrogen) atoms. The zero-order chi connectivity index (χ0) is 17.9. The largest absolute Gasteiger partial charge is 0.450 e. The monoisotopic (exact) mass is 340 g/mol. The second-order valence-electron chi connectivity index (χ2n) is 6.00. The van der Waals surface area contributed by atoms with E-state index in [4.69, 9.17) is 9.15 Å². The first-order valence-electron chi connectivity index (χ1n) is 7.95. The molecule has 1 N–H and O–H groups in total. The third-order valence-electron chi connectivity index (χ3n) is 4.22. The lowest BCUT2D eigenvalue weighted by molar-refractivity contribution is -0.125. The van der Waals surface area contributed by atoms with E-state index in [1.807, 2.05) is 0 Å². The molecule has 0 unspecified atom stereocenters. The molecule has 1 fully saturated rings. The summed E-state index contributed by atoms with van der Waals surface area (Å²) in [4.78, 5) is 35.9. The van der Waals surface area contributed by atoms with Gasteiger partial charge in [-0.2, -0.15) is 5.26 Å². The van der Waals surface area contributed by atoms with Crippen LogP contribution in [0.15, 0.2) is 39.5 Å². The number of para-hydroxylation sites is 1. The summed E-state index contributed by atoms with van der Waals surface area (Å²) in [5.41, 5.74) is -0.979. The van der Waals surface area contributed by atoms with Gasteiger partial charge in [0, 0.05) is 6.07 Å². The highest BCUT2D eigenvalue weighted by molar-refractivity contribution is 5.90. The number of nitriles is 1. The predicted molar refractivity (Wildman–Crippen MR) is 87.7 cm³/mol. The summed E-state index contributed by atoms with van der Waals surface area (Å²) in [7, 11) is 0. The van der Waals surface area contributed by atoms with Crippen molar-refractivity contribution in [2.75, 3.05) is 6.61 Å². The number of rotatable bonds is 4. The fourth-order valence-electron chi connectivity index (χ4n) is 2.95. The highest BCUT2D eigenvalue weighted by Gasteiger charge is 2.35. The Labute approximate surface area is 143 Å². The molecule has 1 aliphatic rings. The Morgan fingerprint density at radius 3 is 2.72 bits per heavy atom. The van der Waals surface area contributed by atoms with Gasteiger partial charge in [0.2, 0.25) is 5.76 Å². The van der Waals surface area contributed by atoms with Gasteiger partial charge in [-0.25, -0.2) is 4.79 Å². The van der Waals surface area contributed by atoms with Crippen LogP contribution in [0.5, 0.6) is 0 Å². The highest BCUT2D eigenvalue weighted by Crippen LogP contribution is 2.28. The average Bonchev–Trinajstić information content (AvgIpc) is 3.08. The molecule has 1 aromatic heterocycles. The number of hydrogen-bond acceptors (Lipinski definition) is 6. The van der Waals surface area contributed by atoms with E-state index in [1.54, 1.807) is 24.3 Å². The summed E-state index contributed by atoms with van der Waals surface area (Å²) in [5, 5.41) is 12.2. The van der Waals surface area contributed by atoms with E-state index >= 15 is 0 Å². The van der Waals surface area contributed by atoms with Crippen LogP contribution in [0.2, 0.25) is 0 Å². The lowest BCUT2D eigenvalue weighted by Crippen LogP contribution is -2.46. The minimum atomic E-state index is -0.907. The van der Waals surface area contributed by atoms with Crippen molar-refractivity contribution < 1.29 is 18.7 Å². The number of ether oxygens (including phenoxy) is 1. The van der Waals surface area contributed by atoms with Crippen LogP contribution in [0.25, 0.3) is 11.0 Å². The summed E-state index contributed by atoms with van der Waals surface area (Å²) < 4.78 is 10.3. The molecule has 1 saturated carbocycles. The lowest BCUT2D eigenvalue weighted by Gasteiger charge is -2.21. The van der Waals surface area contributed by atoms with E-state index in [-0.39, 0.29) is 16.8 Å². The minimum Gasteiger partial charge on any atom is -0.450 e. The Kier molecular flexibility index (Phi) is 4.52. The Bertz CT molecular complexity index is 919. The van der Waals surface area contributed by atoms with Gasteiger partial charge in [0.1, 0.15) is 11.1 Å². The molecule has 0 spiro atoms. The molecule has 0 bridgehead atoms. The number of amides is 1. The smallest absolute Gasteiger partial charge is 0.374 e. The third kappa shape index (κ3) is 3.53. The molecule has 7 heteroatoms. The Balaban J connectivity index is 1.66. The molecule has 0 atom stereocenters. The molecule has 2 aromatic rings. The van der Waals surface area contributed by atoms with Gasteiger partial charge in [0.25, 0.3) is 5.91 Å². The van der Waals surface area contributed by atoms with Crippen LogP contribution < -0.4 is 10.7 Å². The van der Waals surface area contributed by atoms with Crippen molar-refractivity contribution in [3.05, 3.63) is 46.3 Å². The van der Waals surface area contributed by atoms with Crippen LogP contribution in [0, 0.1) is 11.3 Å². The second-order valence-corrected chi connectivity index (χ2v) is 6.00. The number of benzene rings is 1. The molecule has 1 aromatic carbocycles. The number of hydrogen-bond donors (Lipinski definition) is 1. The number of esters is 1. The minimum absolute atomic E-state index is 0.265. The van der Waals surface area contributed by atoms with Gasteiger partial charge in [-0.3, -0.25) is 9.59 Å². The van der Waals surface area contributed by atoms with Crippen LogP contribution in [-0.2, 0) is 9.53 Å². The number of fused-ring (bicyclic) bond motifs is 1. The topological polar surface area (TPSA) is 109 Å². The van der Waals surface area contributed by atoms with Gasteiger partial charge in [0.15, 0.2) is 12.0 Å². The molecule has 7 nitrogen and oxygen atoms in total. The Morgan fingerprint density at radius 1 is 1.28 bits per heavy atom. The first-order chi connectivity index (χ1) is 12.0. The zero-order valence-electron chi connectivity index (χ0n) is 13.4. The number of nitrogens with one attached hydrogen (secondary N) is 1. The molecular formula is C18H16N2O5. The van der Waals surface area contributed by atoms with Crippen LogP contribution in [0.3, 0.4) is 0 Å². The number of carbonyl (C=O) groups is 2. The van der Waals surface area contributed by atoms with Crippen LogP contribution >= 0.6 is 0 Å². The Hall–Kier alpha value is -3.14. The number of nitrogens with zero attached hydrogens (tertiary/aromatic N) is 1. The van der Waals surface area contributed by atoms with Crippen molar-refractivity contribution >= 4 is 22.8 Å². The average molecular weight is 340 g/mol. The quantitative estimate of drug-likeness (QED) is 0.851. The van der Waals surface area contributed by atoms with Gasteiger partial charge in [-0.1, -0.05) is 12.1 Å². The number of carbonyl (C=O) groups excluding carboxylic acids is 2. The molecule has 0 saturated heterocycles. The molecule has 1 aliphatic carbocycles. The maximum absolute atomic E-state index is 12.0. The van der Waals surface area contributed by atoms with Crippen molar-refractivity contribution in [3.63, 3.8) is 0 Å². The van der Waals surface area contributed by atoms with Gasteiger partial charge >= 0.3 is 5.97 Å². The summed E-state index contributed by atoms with van der Waals surface area (Å²) in [6, 6.07) is 9.68. The Morgan fingerprint density at radius 2 is 2.00 bits per heavy atom. The first-order valence-corrected chi connectivity index (χ1v) is 7.95. The summed E-state index contributed by atoms with van der Waals surface area (Å²) in [5.74, 6) is -1.73. The molecule has 3 rings (SSSR count). The summed E-state index contributed by atoms with van der Waals surface area (Å²) >= 11 is 0. The van der Waals surface area contributed by atoms with Crippen molar-refractivity contribution in [2.45, 2.75) is 31.2 Å². The highest BCUT2D eigenvalue weighted by atomic mass is 16.5. The predicted octanol–water partition coefficient (Wildman–Crippen LogP) is 1.90. The van der Waals surface area contributed by atoms with E-state index < -0.39 is 24.0 Å². The molecule has 128 valence electrons. The normalized spacial score (nSPS) is 15.5. The van der Waals surface area contributed by atoms with E-state index in [1.165, 1.54) is 0 Å². The molecular weight excluding hydrogens is 324 g/mol. The third-order valence-corrected chi connectivity index (χ3v) is 4.22. The van der Waals surface area contributed by atoms with Crippen molar-refractivity contribution in [1.29, 1.82) is 5.26 Å². The second kappa shape index (κ2) is 6.77. The van der Waals surface area contributed by atoms with E-state index in [9.17, 15) is 19.6 Å². The fraction of sp³-hybridized carbons (Fsp3) is 0.333.